The Morgan fingerprint density at radius 2 is 2.04 bits per heavy atom. The lowest BCUT2D eigenvalue weighted by Gasteiger charge is -2.27. The molecule has 1 fully saturated rings. The molecule has 2 N–H and O–H groups in total. The van der Waals surface area contributed by atoms with Crippen LogP contribution in [0.2, 0.25) is 0 Å². The van der Waals surface area contributed by atoms with Gasteiger partial charge in [0, 0.05) is 23.3 Å². The number of furan rings is 1. The van der Waals surface area contributed by atoms with Crippen molar-refractivity contribution in [3.05, 3.63) is 33.8 Å². The van der Waals surface area contributed by atoms with E-state index >= 15 is 0 Å². The van der Waals surface area contributed by atoms with Crippen LogP contribution in [0.4, 0.5) is 0 Å². The lowest BCUT2D eigenvalue weighted by atomic mass is 9.95. The average Bonchev–Trinajstić information content (AvgIpc) is 3.01. The molecule has 8 heteroatoms. The molecule has 1 atom stereocenters. The molecular weight excluding hydrogens is 352 g/mol. The van der Waals surface area contributed by atoms with Gasteiger partial charge in [-0.3, -0.25) is 20.7 Å². The van der Waals surface area contributed by atoms with Crippen molar-refractivity contribution in [2.24, 2.45) is 0 Å². The quantitative estimate of drug-likeness (QED) is 0.248. The van der Waals surface area contributed by atoms with E-state index in [-0.39, 0.29) is 17.6 Å². The van der Waals surface area contributed by atoms with Gasteiger partial charge in [-0.05, 0) is 39.1 Å². The fraction of sp³-hybridized carbons (Fsp3) is 0.778. The normalized spacial score (nSPS) is 16.9. The molecule has 0 radical (unpaired) electrons. The molecule has 0 saturated heterocycles. The molecule has 1 aromatic heterocycles. The highest BCUT2D eigenvalue weighted by Crippen LogP contribution is 2.18. The van der Waals surface area contributed by atoms with Gasteiger partial charge in [0.25, 0.3) is 0 Å². The van der Waals surface area contributed by atoms with Crippen LogP contribution in [0.1, 0.15) is 43.6 Å². The standard InChI is InChI=1S/C18H32N4O3S/c1-21(2)12-16-8-9-17(25-16)14-26-11-10-19-18(13-22(23)24)20-15-6-4-3-5-7-15/h8-9,15,18-20H,3-7,10-14H2,1-2H3. The maximum atomic E-state index is 10.9. The molecule has 148 valence electrons. The van der Waals surface area contributed by atoms with E-state index in [9.17, 15) is 10.1 Å². The highest BCUT2D eigenvalue weighted by atomic mass is 32.2. The van der Waals surface area contributed by atoms with Crippen LogP contribution in [-0.4, -0.2) is 55.0 Å². The van der Waals surface area contributed by atoms with Crippen molar-refractivity contribution in [2.45, 2.75) is 56.6 Å². The lowest BCUT2D eigenvalue weighted by molar-refractivity contribution is -0.484. The summed E-state index contributed by atoms with van der Waals surface area (Å²) in [4.78, 5) is 12.7. The summed E-state index contributed by atoms with van der Waals surface area (Å²) < 4.78 is 5.79. The topological polar surface area (TPSA) is 83.6 Å². The second-order valence-corrected chi connectivity index (χ2v) is 8.29. The molecule has 1 aliphatic carbocycles. The van der Waals surface area contributed by atoms with Crippen LogP contribution in [0.15, 0.2) is 16.5 Å². The van der Waals surface area contributed by atoms with E-state index in [2.05, 4.69) is 15.5 Å². The number of hydrogen-bond acceptors (Lipinski definition) is 7. The number of nitro groups is 1. The summed E-state index contributed by atoms with van der Waals surface area (Å²) in [6.07, 6.45) is 5.72. The fourth-order valence-electron chi connectivity index (χ4n) is 3.25. The minimum absolute atomic E-state index is 0.0761. The van der Waals surface area contributed by atoms with Crippen molar-refractivity contribution in [3.8, 4) is 0 Å². The molecule has 1 unspecified atom stereocenters. The first-order valence-corrected chi connectivity index (χ1v) is 10.6. The van der Waals surface area contributed by atoms with Gasteiger partial charge in [0.1, 0.15) is 17.7 Å². The molecular formula is C18H32N4O3S. The number of thioether (sulfide) groups is 1. The van der Waals surface area contributed by atoms with Crippen LogP contribution in [0.3, 0.4) is 0 Å². The Kier molecular flexibility index (Phi) is 9.45. The largest absolute Gasteiger partial charge is 0.464 e. The van der Waals surface area contributed by atoms with Crippen molar-refractivity contribution >= 4 is 11.8 Å². The first-order valence-electron chi connectivity index (χ1n) is 9.44. The lowest BCUT2D eigenvalue weighted by Crippen LogP contribution is -2.52. The Morgan fingerprint density at radius 3 is 2.73 bits per heavy atom. The Labute approximate surface area is 160 Å². The molecule has 7 nitrogen and oxygen atoms in total. The van der Waals surface area contributed by atoms with E-state index in [1.165, 1.54) is 19.3 Å². The Balaban J connectivity index is 1.64. The summed E-state index contributed by atoms with van der Waals surface area (Å²) in [6, 6.07) is 4.46. The van der Waals surface area contributed by atoms with Gasteiger partial charge in [-0.25, -0.2) is 0 Å². The molecule has 0 bridgehead atoms. The molecule has 1 heterocycles. The Morgan fingerprint density at radius 1 is 1.31 bits per heavy atom. The summed E-state index contributed by atoms with van der Waals surface area (Å²) >= 11 is 1.78. The van der Waals surface area contributed by atoms with Gasteiger partial charge >= 0.3 is 0 Å². The third-order valence-electron chi connectivity index (χ3n) is 4.44. The maximum Gasteiger partial charge on any atom is 0.231 e. The minimum Gasteiger partial charge on any atom is -0.464 e. The predicted molar refractivity (Wildman–Crippen MR) is 106 cm³/mol. The second kappa shape index (κ2) is 11.6. The zero-order valence-corrected chi connectivity index (χ0v) is 16.7. The highest BCUT2D eigenvalue weighted by Gasteiger charge is 2.20. The zero-order chi connectivity index (χ0) is 18.8. The highest BCUT2D eigenvalue weighted by molar-refractivity contribution is 7.98. The van der Waals surface area contributed by atoms with E-state index in [1.54, 1.807) is 11.8 Å². The van der Waals surface area contributed by atoms with Gasteiger partial charge in [0.15, 0.2) is 0 Å². The summed E-state index contributed by atoms with van der Waals surface area (Å²) in [6.45, 7) is 1.48. The number of nitrogens with one attached hydrogen (secondary N) is 2. The van der Waals surface area contributed by atoms with Crippen molar-refractivity contribution in [2.75, 3.05) is 32.9 Å². The van der Waals surface area contributed by atoms with Crippen LogP contribution in [-0.2, 0) is 12.3 Å². The number of rotatable bonds is 12. The summed E-state index contributed by atoms with van der Waals surface area (Å²) in [5, 5.41) is 17.6. The summed E-state index contributed by atoms with van der Waals surface area (Å²) in [5.74, 6) is 3.68. The van der Waals surface area contributed by atoms with E-state index in [0.29, 0.717) is 6.04 Å². The molecule has 0 aromatic carbocycles. The number of hydrogen-bond donors (Lipinski definition) is 2. The third kappa shape index (κ3) is 8.53. The van der Waals surface area contributed by atoms with Crippen LogP contribution < -0.4 is 10.6 Å². The molecule has 26 heavy (non-hydrogen) atoms. The van der Waals surface area contributed by atoms with Gasteiger partial charge in [0.2, 0.25) is 6.54 Å². The molecule has 1 aliphatic rings. The smallest absolute Gasteiger partial charge is 0.231 e. The maximum absolute atomic E-state index is 10.9. The van der Waals surface area contributed by atoms with E-state index in [1.807, 2.05) is 26.2 Å². The van der Waals surface area contributed by atoms with Crippen LogP contribution in [0.5, 0.6) is 0 Å². The van der Waals surface area contributed by atoms with Crippen molar-refractivity contribution < 1.29 is 9.34 Å². The summed E-state index contributed by atoms with van der Waals surface area (Å²) in [7, 11) is 4.04. The molecule has 0 spiro atoms. The van der Waals surface area contributed by atoms with Crippen molar-refractivity contribution in [3.63, 3.8) is 0 Å². The summed E-state index contributed by atoms with van der Waals surface area (Å²) in [5.41, 5.74) is 0. The first-order chi connectivity index (χ1) is 12.5. The molecule has 0 aliphatic heterocycles. The SMILES string of the molecule is CN(C)Cc1ccc(CSCCNC(C[N+](=O)[O-])NC2CCCCC2)o1. The van der Waals surface area contributed by atoms with Crippen LogP contribution in [0, 0.1) is 10.1 Å². The van der Waals surface area contributed by atoms with Gasteiger partial charge in [-0.15, -0.1) is 0 Å². The second-order valence-electron chi connectivity index (χ2n) is 7.18. The fourth-order valence-corrected chi connectivity index (χ4v) is 4.02. The molecule has 2 rings (SSSR count). The van der Waals surface area contributed by atoms with Crippen molar-refractivity contribution in [1.29, 1.82) is 0 Å². The van der Waals surface area contributed by atoms with Crippen molar-refractivity contribution in [1.82, 2.24) is 15.5 Å². The van der Waals surface area contributed by atoms with E-state index < -0.39 is 0 Å². The number of nitrogens with zero attached hydrogens (tertiary/aromatic N) is 2. The zero-order valence-electron chi connectivity index (χ0n) is 15.9. The van der Waals surface area contributed by atoms with Gasteiger partial charge in [-0.1, -0.05) is 19.3 Å². The van der Waals surface area contributed by atoms with E-state index in [4.69, 9.17) is 4.42 Å². The van der Waals surface area contributed by atoms with Gasteiger partial charge in [-0.2, -0.15) is 11.8 Å². The van der Waals surface area contributed by atoms with Crippen LogP contribution in [0.25, 0.3) is 0 Å². The van der Waals surface area contributed by atoms with E-state index in [0.717, 1.165) is 49.0 Å². The minimum atomic E-state index is -0.246. The molecule has 0 amide bonds. The van der Waals surface area contributed by atoms with Gasteiger partial charge < -0.3 is 9.32 Å². The Hall–Kier alpha value is -1.09. The van der Waals surface area contributed by atoms with Gasteiger partial charge in [0.05, 0.1) is 12.3 Å². The van der Waals surface area contributed by atoms with Crippen LogP contribution >= 0.6 is 11.8 Å². The monoisotopic (exact) mass is 384 g/mol. The first kappa shape index (κ1) is 21.2. The molecule has 1 saturated carbocycles. The predicted octanol–water partition coefficient (Wildman–Crippen LogP) is 2.69. The third-order valence-corrected chi connectivity index (χ3v) is 5.43. The molecule has 1 aromatic rings. The Bertz CT molecular complexity index is 532. The average molecular weight is 385 g/mol.